The normalized spacial score (nSPS) is 14.1. The largest absolute Gasteiger partial charge is 0.497 e. The summed E-state index contributed by atoms with van der Waals surface area (Å²) in [4.78, 5) is 29.2. The molecule has 0 saturated carbocycles. The number of amides is 2. The molecular formula is C22H25ClN2O4. The van der Waals surface area contributed by atoms with Gasteiger partial charge in [-0.05, 0) is 56.3 Å². The van der Waals surface area contributed by atoms with Crippen LogP contribution in [0.4, 0.5) is 0 Å². The minimum Gasteiger partial charge on any atom is -0.497 e. The van der Waals surface area contributed by atoms with Gasteiger partial charge in [-0.2, -0.15) is 0 Å². The van der Waals surface area contributed by atoms with Crippen LogP contribution in [0.25, 0.3) is 0 Å². The van der Waals surface area contributed by atoms with Gasteiger partial charge in [0.05, 0.1) is 18.8 Å². The van der Waals surface area contributed by atoms with Gasteiger partial charge < -0.3 is 19.3 Å². The highest BCUT2D eigenvalue weighted by molar-refractivity contribution is 6.31. The second-order valence-corrected chi connectivity index (χ2v) is 7.56. The molecule has 1 fully saturated rings. The molecule has 1 aliphatic heterocycles. The van der Waals surface area contributed by atoms with Crippen LogP contribution in [0.5, 0.6) is 11.5 Å². The molecule has 6 nitrogen and oxygen atoms in total. The van der Waals surface area contributed by atoms with Gasteiger partial charge in [0.1, 0.15) is 11.5 Å². The van der Waals surface area contributed by atoms with E-state index in [0.717, 1.165) is 0 Å². The van der Waals surface area contributed by atoms with E-state index in [1.54, 1.807) is 59.4 Å². The van der Waals surface area contributed by atoms with Crippen molar-refractivity contribution >= 4 is 23.4 Å². The summed E-state index contributed by atoms with van der Waals surface area (Å²) in [6.07, 6.45) is -0.0540. The van der Waals surface area contributed by atoms with Gasteiger partial charge in [0.15, 0.2) is 0 Å². The molecule has 1 aliphatic rings. The summed E-state index contributed by atoms with van der Waals surface area (Å²) in [7, 11) is 1.59. The lowest BCUT2D eigenvalue weighted by molar-refractivity contribution is 0.0532. The van der Waals surface area contributed by atoms with Crippen LogP contribution >= 0.6 is 11.6 Å². The maximum Gasteiger partial charge on any atom is 0.257 e. The van der Waals surface area contributed by atoms with Gasteiger partial charge in [-0.1, -0.05) is 11.6 Å². The van der Waals surface area contributed by atoms with Crippen molar-refractivity contribution in [3.63, 3.8) is 0 Å². The number of ether oxygens (including phenoxy) is 2. The molecule has 0 radical (unpaired) electrons. The molecule has 1 saturated heterocycles. The van der Waals surface area contributed by atoms with Crippen LogP contribution in [0.1, 0.15) is 34.6 Å². The van der Waals surface area contributed by atoms with Gasteiger partial charge in [-0.25, -0.2) is 0 Å². The zero-order valence-corrected chi connectivity index (χ0v) is 17.6. The summed E-state index contributed by atoms with van der Waals surface area (Å²) in [5, 5.41) is 0.484. The lowest BCUT2D eigenvalue weighted by Gasteiger charge is -2.35. The molecule has 154 valence electrons. The Hall–Kier alpha value is -2.73. The summed E-state index contributed by atoms with van der Waals surface area (Å²) in [6, 6.07) is 12.1. The van der Waals surface area contributed by atoms with Crippen molar-refractivity contribution in [1.29, 1.82) is 0 Å². The van der Waals surface area contributed by atoms with E-state index < -0.39 is 0 Å². The number of hydrogen-bond acceptors (Lipinski definition) is 4. The maximum atomic E-state index is 13.0. The molecular weight excluding hydrogens is 392 g/mol. The van der Waals surface area contributed by atoms with Crippen LogP contribution in [0.3, 0.4) is 0 Å². The first kappa shape index (κ1) is 21.0. The summed E-state index contributed by atoms with van der Waals surface area (Å²) in [5.41, 5.74) is 1.05. The maximum absolute atomic E-state index is 13.0. The second kappa shape index (κ2) is 9.18. The monoisotopic (exact) mass is 416 g/mol. The Morgan fingerprint density at radius 1 is 0.931 bits per heavy atom. The van der Waals surface area contributed by atoms with E-state index in [0.29, 0.717) is 53.8 Å². The fraction of sp³-hybridized carbons (Fsp3) is 0.364. The highest BCUT2D eigenvalue weighted by Gasteiger charge is 2.27. The lowest BCUT2D eigenvalue weighted by atomic mass is 10.1. The molecule has 0 bridgehead atoms. The van der Waals surface area contributed by atoms with Crippen LogP contribution in [-0.2, 0) is 0 Å². The van der Waals surface area contributed by atoms with Gasteiger partial charge in [0.25, 0.3) is 11.8 Å². The number of hydrogen-bond donors (Lipinski definition) is 0. The van der Waals surface area contributed by atoms with Crippen LogP contribution < -0.4 is 9.47 Å². The second-order valence-electron chi connectivity index (χ2n) is 7.12. The Bertz CT molecular complexity index is 875. The third-order valence-corrected chi connectivity index (χ3v) is 4.96. The molecule has 2 amide bonds. The Kier molecular flexibility index (Phi) is 6.64. The molecule has 0 aliphatic carbocycles. The lowest BCUT2D eigenvalue weighted by Crippen LogP contribution is -2.50. The first-order valence-corrected chi connectivity index (χ1v) is 9.95. The molecule has 3 rings (SSSR count). The summed E-state index contributed by atoms with van der Waals surface area (Å²) in [6.45, 7) is 5.66. The quantitative estimate of drug-likeness (QED) is 0.745. The average Bonchev–Trinajstić information content (AvgIpc) is 2.74. The van der Waals surface area contributed by atoms with Crippen LogP contribution in [0.2, 0.25) is 5.02 Å². The molecule has 0 aromatic heterocycles. The predicted octanol–water partition coefficient (Wildman–Crippen LogP) is 3.73. The molecule has 2 aromatic rings. The molecule has 0 unspecified atom stereocenters. The van der Waals surface area contributed by atoms with E-state index in [-0.39, 0.29) is 17.9 Å². The van der Waals surface area contributed by atoms with Crippen LogP contribution in [-0.4, -0.2) is 61.0 Å². The van der Waals surface area contributed by atoms with E-state index in [4.69, 9.17) is 21.1 Å². The SMILES string of the molecule is COc1ccc(C(=O)N2CCN(C(=O)c3cc(Cl)ccc3OC(C)C)CC2)cc1. The standard InChI is InChI=1S/C22H25ClN2O4/c1-15(2)29-20-9-6-17(23)14-19(20)22(27)25-12-10-24(11-13-25)21(26)16-4-7-18(28-3)8-5-16/h4-9,14-15H,10-13H2,1-3H3. The molecule has 1 heterocycles. The molecule has 29 heavy (non-hydrogen) atoms. The Balaban J connectivity index is 1.66. The highest BCUT2D eigenvalue weighted by atomic mass is 35.5. The smallest absolute Gasteiger partial charge is 0.257 e. The third kappa shape index (κ3) is 5.01. The number of methoxy groups -OCH3 is 1. The number of carbonyl (C=O) groups excluding carboxylic acids is 2. The number of carbonyl (C=O) groups is 2. The number of piperazine rings is 1. The number of nitrogens with zero attached hydrogens (tertiary/aromatic N) is 2. The van der Waals surface area contributed by atoms with E-state index in [2.05, 4.69) is 0 Å². The van der Waals surface area contributed by atoms with E-state index in [1.807, 2.05) is 13.8 Å². The van der Waals surface area contributed by atoms with Crippen LogP contribution in [0, 0.1) is 0 Å². The van der Waals surface area contributed by atoms with Crippen molar-refractivity contribution in [2.75, 3.05) is 33.3 Å². The molecule has 0 spiro atoms. The van der Waals surface area contributed by atoms with Crippen molar-refractivity contribution in [2.45, 2.75) is 20.0 Å². The van der Waals surface area contributed by atoms with E-state index >= 15 is 0 Å². The van der Waals surface area contributed by atoms with Crippen molar-refractivity contribution < 1.29 is 19.1 Å². The average molecular weight is 417 g/mol. The van der Waals surface area contributed by atoms with Gasteiger partial charge in [-0.15, -0.1) is 0 Å². The molecule has 2 aromatic carbocycles. The first-order chi connectivity index (χ1) is 13.9. The predicted molar refractivity (Wildman–Crippen MR) is 112 cm³/mol. The minimum atomic E-state index is -0.139. The number of benzene rings is 2. The number of rotatable bonds is 5. The highest BCUT2D eigenvalue weighted by Crippen LogP contribution is 2.26. The van der Waals surface area contributed by atoms with Crippen molar-refractivity contribution in [3.8, 4) is 11.5 Å². The van der Waals surface area contributed by atoms with Gasteiger partial charge in [-0.3, -0.25) is 9.59 Å². The molecule has 0 N–H and O–H groups in total. The summed E-state index contributed by atoms with van der Waals surface area (Å²) in [5.74, 6) is 1.04. The fourth-order valence-corrected chi connectivity index (χ4v) is 3.40. The van der Waals surface area contributed by atoms with Gasteiger partial charge >= 0.3 is 0 Å². The molecule has 7 heteroatoms. The Labute approximate surface area is 176 Å². The summed E-state index contributed by atoms with van der Waals surface area (Å²) >= 11 is 6.10. The Morgan fingerprint density at radius 3 is 2.07 bits per heavy atom. The van der Waals surface area contributed by atoms with E-state index in [9.17, 15) is 9.59 Å². The Morgan fingerprint density at radius 2 is 1.52 bits per heavy atom. The zero-order valence-electron chi connectivity index (χ0n) is 16.9. The van der Waals surface area contributed by atoms with Crippen molar-refractivity contribution in [2.24, 2.45) is 0 Å². The third-order valence-electron chi connectivity index (χ3n) is 4.73. The van der Waals surface area contributed by atoms with Gasteiger partial charge in [0, 0.05) is 36.8 Å². The first-order valence-electron chi connectivity index (χ1n) is 9.58. The molecule has 0 atom stereocenters. The minimum absolute atomic E-state index is 0.0497. The number of halogens is 1. The fourth-order valence-electron chi connectivity index (χ4n) is 3.23. The van der Waals surface area contributed by atoms with Crippen molar-refractivity contribution in [3.05, 3.63) is 58.6 Å². The summed E-state index contributed by atoms with van der Waals surface area (Å²) < 4.78 is 10.9. The van der Waals surface area contributed by atoms with E-state index in [1.165, 1.54) is 0 Å². The topological polar surface area (TPSA) is 59.1 Å². The van der Waals surface area contributed by atoms with Crippen LogP contribution in [0.15, 0.2) is 42.5 Å². The van der Waals surface area contributed by atoms with Crippen molar-refractivity contribution in [1.82, 2.24) is 9.80 Å². The zero-order chi connectivity index (χ0) is 21.0. The van der Waals surface area contributed by atoms with Gasteiger partial charge in [0.2, 0.25) is 0 Å².